The molecule has 1 aliphatic carbocycles. The fourth-order valence-electron chi connectivity index (χ4n) is 2.79. The molecular weight excluding hydrogens is 226 g/mol. The Bertz CT molecular complexity index is 221. The van der Waals surface area contributed by atoms with Gasteiger partial charge in [-0.25, -0.2) is 0 Å². The molecule has 0 aromatic carbocycles. The summed E-state index contributed by atoms with van der Waals surface area (Å²) in [6.45, 7) is 11.9. The van der Waals surface area contributed by atoms with Crippen LogP contribution in [0.2, 0.25) is 0 Å². The zero-order chi connectivity index (χ0) is 13.1. The predicted octanol–water partition coefficient (Wildman–Crippen LogP) is 4.32. The van der Waals surface area contributed by atoms with Crippen LogP contribution in [0.1, 0.15) is 60.3 Å². The van der Waals surface area contributed by atoms with Crippen LogP contribution < -0.4 is 5.32 Å². The maximum Gasteiger partial charge on any atom is 0.0206 e. The van der Waals surface area contributed by atoms with E-state index in [2.05, 4.69) is 58.7 Å². The number of hydrogen-bond acceptors (Lipinski definition) is 2. The van der Waals surface area contributed by atoms with Crippen molar-refractivity contribution in [1.29, 1.82) is 0 Å². The van der Waals surface area contributed by atoms with E-state index in [1.165, 1.54) is 25.7 Å². The molecule has 17 heavy (non-hydrogen) atoms. The second kappa shape index (κ2) is 6.47. The maximum atomic E-state index is 3.53. The number of rotatable bonds is 4. The summed E-state index contributed by atoms with van der Waals surface area (Å²) in [5.74, 6) is 0.897. The van der Waals surface area contributed by atoms with E-state index in [0.29, 0.717) is 5.41 Å². The van der Waals surface area contributed by atoms with Gasteiger partial charge in [0, 0.05) is 16.5 Å². The van der Waals surface area contributed by atoms with Crippen LogP contribution in [-0.2, 0) is 0 Å². The minimum absolute atomic E-state index is 0.479. The molecule has 1 rings (SSSR count). The van der Waals surface area contributed by atoms with E-state index in [-0.39, 0.29) is 0 Å². The van der Waals surface area contributed by atoms with Gasteiger partial charge in [0.1, 0.15) is 0 Å². The topological polar surface area (TPSA) is 12.0 Å². The van der Waals surface area contributed by atoms with Gasteiger partial charge in [-0.15, -0.1) is 0 Å². The molecule has 0 saturated heterocycles. The molecule has 0 bridgehead atoms. The van der Waals surface area contributed by atoms with Crippen LogP contribution in [0.25, 0.3) is 0 Å². The van der Waals surface area contributed by atoms with Crippen molar-refractivity contribution in [3.8, 4) is 0 Å². The first-order chi connectivity index (χ1) is 7.88. The third-order valence-corrected chi connectivity index (χ3v) is 6.04. The van der Waals surface area contributed by atoms with Crippen molar-refractivity contribution in [3.05, 3.63) is 0 Å². The Balaban J connectivity index is 2.62. The first-order valence-electron chi connectivity index (χ1n) is 7.21. The molecule has 1 saturated carbocycles. The van der Waals surface area contributed by atoms with Crippen molar-refractivity contribution < 1.29 is 0 Å². The summed E-state index contributed by atoms with van der Waals surface area (Å²) in [5.41, 5.74) is 0.479. The van der Waals surface area contributed by atoms with Gasteiger partial charge in [0.25, 0.3) is 0 Å². The Labute approximate surface area is 113 Å². The number of nitrogens with one attached hydrogen (secondary N) is 1. The predicted molar refractivity (Wildman–Crippen MR) is 80.8 cm³/mol. The van der Waals surface area contributed by atoms with Gasteiger partial charge in [-0.1, -0.05) is 34.6 Å². The molecule has 4 atom stereocenters. The maximum absolute atomic E-state index is 3.53. The van der Waals surface area contributed by atoms with Gasteiger partial charge < -0.3 is 5.32 Å². The van der Waals surface area contributed by atoms with Crippen LogP contribution in [-0.4, -0.2) is 23.6 Å². The van der Waals surface area contributed by atoms with Crippen LogP contribution in [0.15, 0.2) is 0 Å². The molecule has 0 aromatic heterocycles. The Kier molecular flexibility index (Phi) is 5.85. The van der Waals surface area contributed by atoms with Crippen molar-refractivity contribution >= 4 is 11.8 Å². The molecule has 0 aliphatic heterocycles. The SMILES string of the molecule is CCC(C)SC1CC(C(C)(C)C)CCC1NC. The van der Waals surface area contributed by atoms with Gasteiger partial charge in [-0.05, 0) is 44.1 Å². The Morgan fingerprint density at radius 2 is 1.94 bits per heavy atom. The number of hydrogen-bond donors (Lipinski definition) is 1. The van der Waals surface area contributed by atoms with Gasteiger partial charge in [0.2, 0.25) is 0 Å². The lowest BCUT2D eigenvalue weighted by Crippen LogP contribution is -2.43. The van der Waals surface area contributed by atoms with Gasteiger partial charge in [0.15, 0.2) is 0 Å². The van der Waals surface area contributed by atoms with Crippen LogP contribution in [0.5, 0.6) is 0 Å². The molecule has 102 valence electrons. The fraction of sp³-hybridized carbons (Fsp3) is 1.00. The van der Waals surface area contributed by atoms with Crippen LogP contribution in [0.4, 0.5) is 0 Å². The summed E-state index contributed by atoms with van der Waals surface area (Å²) in [4.78, 5) is 0. The average molecular weight is 257 g/mol. The highest BCUT2D eigenvalue weighted by atomic mass is 32.2. The molecule has 0 radical (unpaired) electrons. The second-order valence-corrected chi connectivity index (χ2v) is 8.35. The zero-order valence-corrected chi connectivity index (χ0v) is 13.4. The summed E-state index contributed by atoms with van der Waals surface area (Å²) in [5, 5.41) is 5.15. The van der Waals surface area contributed by atoms with Gasteiger partial charge in [-0.3, -0.25) is 0 Å². The Hall–Kier alpha value is 0.310. The van der Waals surface area contributed by atoms with Crippen LogP contribution in [0, 0.1) is 11.3 Å². The van der Waals surface area contributed by atoms with E-state index in [1.807, 2.05) is 0 Å². The summed E-state index contributed by atoms with van der Waals surface area (Å²) in [6.07, 6.45) is 5.43. The molecule has 0 aromatic rings. The minimum Gasteiger partial charge on any atom is -0.316 e. The summed E-state index contributed by atoms with van der Waals surface area (Å²) in [6, 6.07) is 0.729. The molecule has 1 aliphatic rings. The number of thioether (sulfide) groups is 1. The minimum atomic E-state index is 0.479. The second-order valence-electron chi connectivity index (χ2n) is 6.66. The van der Waals surface area contributed by atoms with E-state index >= 15 is 0 Å². The van der Waals surface area contributed by atoms with Gasteiger partial charge in [0.05, 0.1) is 0 Å². The third kappa shape index (κ3) is 4.48. The Morgan fingerprint density at radius 3 is 2.41 bits per heavy atom. The lowest BCUT2D eigenvalue weighted by atomic mass is 9.71. The van der Waals surface area contributed by atoms with E-state index < -0.39 is 0 Å². The molecule has 2 heteroatoms. The van der Waals surface area contributed by atoms with E-state index in [1.54, 1.807) is 0 Å². The zero-order valence-electron chi connectivity index (χ0n) is 12.5. The lowest BCUT2D eigenvalue weighted by Gasteiger charge is -2.42. The van der Waals surface area contributed by atoms with Crippen LogP contribution >= 0.6 is 11.8 Å². The molecule has 0 heterocycles. The highest BCUT2D eigenvalue weighted by Gasteiger charge is 2.35. The average Bonchev–Trinajstić information content (AvgIpc) is 2.27. The van der Waals surface area contributed by atoms with Crippen LogP contribution in [0.3, 0.4) is 0 Å². The molecule has 0 amide bonds. The summed E-state index contributed by atoms with van der Waals surface area (Å²) < 4.78 is 0. The van der Waals surface area contributed by atoms with Crippen molar-refractivity contribution in [2.24, 2.45) is 11.3 Å². The third-order valence-electron chi connectivity index (χ3n) is 4.37. The summed E-state index contributed by atoms with van der Waals surface area (Å²) in [7, 11) is 2.13. The van der Waals surface area contributed by atoms with E-state index in [0.717, 1.165) is 22.5 Å². The fourth-order valence-corrected chi connectivity index (χ4v) is 4.39. The summed E-state index contributed by atoms with van der Waals surface area (Å²) >= 11 is 2.21. The molecule has 1 fully saturated rings. The molecule has 0 spiro atoms. The van der Waals surface area contributed by atoms with Crippen molar-refractivity contribution in [2.75, 3.05) is 7.05 Å². The van der Waals surface area contributed by atoms with Crippen molar-refractivity contribution in [1.82, 2.24) is 5.32 Å². The standard InChI is InChI=1S/C15H31NS/c1-7-11(2)17-14-10-12(15(3,4)5)8-9-13(14)16-6/h11-14,16H,7-10H2,1-6H3. The normalized spacial score (nSPS) is 32.5. The first-order valence-corrected chi connectivity index (χ1v) is 8.15. The molecule has 1 nitrogen and oxygen atoms in total. The molecule has 1 N–H and O–H groups in total. The van der Waals surface area contributed by atoms with Crippen molar-refractivity contribution in [3.63, 3.8) is 0 Å². The quantitative estimate of drug-likeness (QED) is 0.805. The van der Waals surface area contributed by atoms with Gasteiger partial charge >= 0.3 is 0 Å². The molecular formula is C15H31NS. The Morgan fingerprint density at radius 1 is 1.29 bits per heavy atom. The highest BCUT2D eigenvalue weighted by molar-refractivity contribution is 8.00. The highest BCUT2D eigenvalue weighted by Crippen LogP contribution is 2.42. The monoisotopic (exact) mass is 257 g/mol. The van der Waals surface area contributed by atoms with Crippen molar-refractivity contribution in [2.45, 2.75) is 76.8 Å². The first kappa shape index (κ1) is 15.4. The van der Waals surface area contributed by atoms with E-state index in [9.17, 15) is 0 Å². The smallest absolute Gasteiger partial charge is 0.0206 e. The lowest BCUT2D eigenvalue weighted by molar-refractivity contribution is 0.167. The largest absolute Gasteiger partial charge is 0.316 e. The van der Waals surface area contributed by atoms with E-state index in [4.69, 9.17) is 0 Å². The van der Waals surface area contributed by atoms with Gasteiger partial charge in [-0.2, -0.15) is 11.8 Å². The molecule has 4 unspecified atom stereocenters.